The average molecular weight is 1300 g/mol. The number of amides is 9. The van der Waals surface area contributed by atoms with Crippen LogP contribution in [-0.4, -0.2) is 220 Å². The molecule has 0 radical (unpaired) electrons. The number of nitrogens with one attached hydrogen (secondary N) is 6. The highest BCUT2D eigenvalue weighted by Gasteiger charge is 2.45. The molecule has 92 heavy (non-hydrogen) atoms. The molecule has 5 rings (SSSR count). The SMILES string of the molecule is NCCCC[C@H](N)C(=O)N[C@@H](CCCN=C(N)N)C(=O)N1CCC[C@H]1C(=O)N1CCC[C@H]1C(=O)NCC(=O)N[C@@H](Cc1ccccc1)C(=O)N[C@@H](CO)C(=O)N1CCC[C@H]1C(=O)N[C@@H](Cc1ccccc1)C(=O)N[C@@H](CCCN=C(N)N)C(=O)O.O=C(O)C(F)(F)F. The summed E-state index contributed by atoms with van der Waals surface area (Å²) in [6.45, 7) is -0.375. The molecule has 0 unspecified atom stereocenters. The van der Waals surface area contributed by atoms with Crippen LogP contribution in [0.3, 0.4) is 0 Å². The van der Waals surface area contributed by atoms with Crippen LogP contribution in [0, 0.1) is 0 Å². The molecule has 3 aliphatic heterocycles. The zero-order valence-electron chi connectivity index (χ0n) is 50.9. The van der Waals surface area contributed by atoms with Crippen LogP contribution in [-0.2, 0) is 65.6 Å². The molecular formula is C58H86F3N17O14. The van der Waals surface area contributed by atoms with Gasteiger partial charge in [0.1, 0.15) is 48.3 Å². The maximum atomic E-state index is 14.3. The van der Waals surface area contributed by atoms with Crippen LogP contribution in [0.2, 0.25) is 0 Å². The van der Waals surface area contributed by atoms with Gasteiger partial charge in [-0.25, -0.2) is 9.59 Å². The Morgan fingerprint density at radius 3 is 1.49 bits per heavy atom. The van der Waals surface area contributed by atoms with Crippen molar-refractivity contribution in [3.63, 3.8) is 0 Å². The highest BCUT2D eigenvalue weighted by molar-refractivity contribution is 5.98. The number of rotatable bonds is 33. The van der Waals surface area contributed by atoms with Crippen molar-refractivity contribution in [1.29, 1.82) is 0 Å². The molecule has 2 aromatic carbocycles. The number of hydrogen-bond acceptors (Lipinski definition) is 16. The quantitative estimate of drug-likeness (QED) is 0.0185. The fraction of sp³-hybridized carbons (Fsp3) is 0.569. The lowest BCUT2D eigenvalue weighted by molar-refractivity contribution is -0.192. The Morgan fingerprint density at radius 2 is 1.00 bits per heavy atom. The number of nitrogens with two attached hydrogens (primary N) is 6. The van der Waals surface area contributed by atoms with Crippen molar-refractivity contribution < 1.29 is 81.2 Å². The van der Waals surface area contributed by atoms with E-state index in [1.165, 1.54) is 14.7 Å². The molecule has 0 saturated carbocycles. The van der Waals surface area contributed by atoms with Crippen LogP contribution in [0.25, 0.3) is 0 Å². The lowest BCUT2D eigenvalue weighted by atomic mass is 10.0. The van der Waals surface area contributed by atoms with Gasteiger partial charge in [0.05, 0.1) is 19.2 Å². The Kier molecular flexibility index (Phi) is 31.0. The van der Waals surface area contributed by atoms with Crippen molar-refractivity contribution in [1.82, 2.24) is 46.6 Å². The Hall–Kier alpha value is -9.18. The molecule has 3 fully saturated rings. The number of halogens is 3. The van der Waals surface area contributed by atoms with Gasteiger partial charge >= 0.3 is 18.1 Å². The summed E-state index contributed by atoms with van der Waals surface area (Å²) in [5.41, 5.74) is 34.7. The number of carbonyl (C=O) groups is 11. The second kappa shape index (κ2) is 37.9. The summed E-state index contributed by atoms with van der Waals surface area (Å²) >= 11 is 0. The minimum atomic E-state index is -5.08. The van der Waals surface area contributed by atoms with E-state index in [-0.39, 0.29) is 89.6 Å². The maximum Gasteiger partial charge on any atom is 0.490 e. The maximum absolute atomic E-state index is 14.3. The first-order valence-corrected chi connectivity index (χ1v) is 30.1. The van der Waals surface area contributed by atoms with Crippen molar-refractivity contribution in [3.05, 3.63) is 71.8 Å². The standard InChI is InChI=1S/C56H85N17O12.C2HF3O2/c57-24-8-7-18-36(58)46(76)67-37(19-9-25-63-55(59)60)51(81)73-29-13-23-44(73)53(83)72-28-11-21-42(72)49(79)65-32-45(75)66-39(30-34-14-3-1-4-15-34)47(77)70-41(33-74)52(82)71-27-12-22-43(71)50(80)69-40(31-35-16-5-2-6-17-35)48(78)68-38(54(84)85)20-10-26-64-56(61)62;3-2(4,5)1(6)7/h1-6,14-17,36-44,74H,7-13,18-33,57-58H2,(H,65,79)(H,66,75)(H,67,76)(H,68,78)(H,69,80)(H,70,77)(H,84,85)(H4,59,60,63)(H4,61,62,64);(H,6,7)/t36-,37-,38-,39-,40-,41-,42-,43-,44-;/m0./s1. The normalized spacial score (nSPS) is 18.0. The van der Waals surface area contributed by atoms with Gasteiger partial charge in [-0.1, -0.05) is 67.1 Å². The Balaban J connectivity index is 0.00000243. The number of carboxylic acid groups (broad SMARTS) is 2. The largest absolute Gasteiger partial charge is 0.490 e. The van der Waals surface area contributed by atoms with E-state index in [4.69, 9.17) is 44.3 Å². The average Bonchev–Trinajstić information content (AvgIpc) is 1.64. The molecule has 3 aliphatic rings. The predicted octanol–water partition coefficient (Wildman–Crippen LogP) is -3.74. The number of alkyl halides is 3. The number of nitrogens with zero attached hydrogens (tertiary/aromatic N) is 5. The topological polar surface area (TPSA) is 511 Å². The first-order valence-electron chi connectivity index (χ1n) is 30.1. The molecule has 2 aromatic rings. The van der Waals surface area contributed by atoms with Crippen molar-refractivity contribution in [2.75, 3.05) is 52.4 Å². The van der Waals surface area contributed by atoms with E-state index >= 15 is 0 Å². The molecule has 0 aliphatic carbocycles. The summed E-state index contributed by atoms with van der Waals surface area (Å²) in [7, 11) is 0. The molecule has 34 heteroatoms. The highest BCUT2D eigenvalue weighted by atomic mass is 19.4. The van der Waals surface area contributed by atoms with E-state index < -0.39 is 139 Å². The third-order valence-corrected chi connectivity index (χ3v) is 15.2. The first kappa shape index (κ1) is 75.3. The molecule has 31 nitrogen and oxygen atoms in total. The molecular weight excluding hydrogens is 1220 g/mol. The number of aliphatic carboxylic acids is 2. The minimum absolute atomic E-state index is 0.0304. The number of hydrogen-bond donors (Lipinski definition) is 15. The second-order valence-electron chi connectivity index (χ2n) is 22.1. The molecule has 508 valence electrons. The van der Waals surface area contributed by atoms with Crippen LogP contribution < -0.4 is 66.3 Å². The lowest BCUT2D eigenvalue weighted by Crippen LogP contribution is -2.60. The number of aliphatic hydroxyl groups is 1. The van der Waals surface area contributed by atoms with E-state index in [0.29, 0.717) is 69.0 Å². The van der Waals surface area contributed by atoms with Crippen molar-refractivity contribution >= 4 is 77.0 Å². The van der Waals surface area contributed by atoms with Gasteiger partial charge in [-0.05, 0) is 94.7 Å². The van der Waals surface area contributed by atoms with E-state index in [1.54, 1.807) is 60.7 Å². The molecule has 9 atom stereocenters. The number of unbranched alkanes of at least 4 members (excludes halogenated alkanes) is 1. The summed E-state index contributed by atoms with van der Waals surface area (Å²) in [5, 5.41) is 43.3. The number of guanidine groups is 2. The number of likely N-dealkylation sites (tertiary alicyclic amines) is 3. The first-order chi connectivity index (χ1) is 43.7. The van der Waals surface area contributed by atoms with Gasteiger partial charge < -0.3 is 96.3 Å². The zero-order chi connectivity index (χ0) is 68.1. The molecule has 3 saturated heterocycles. The summed E-state index contributed by atoms with van der Waals surface area (Å²) in [6, 6.07) is 6.55. The Bertz CT molecular complexity index is 2890. The second-order valence-corrected chi connectivity index (χ2v) is 22.1. The summed E-state index contributed by atoms with van der Waals surface area (Å²) < 4.78 is 31.7. The van der Waals surface area contributed by atoms with Gasteiger partial charge in [-0.3, -0.25) is 53.1 Å². The number of carboxylic acids is 2. The fourth-order valence-corrected chi connectivity index (χ4v) is 10.6. The Morgan fingerprint density at radius 1 is 0.554 bits per heavy atom. The van der Waals surface area contributed by atoms with Gasteiger partial charge in [0.15, 0.2) is 11.9 Å². The van der Waals surface area contributed by atoms with Gasteiger partial charge in [0, 0.05) is 45.6 Å². The van der Waals surface area contributed by atoms with Crippen LogP contribution in [0.5, 0.6) is 0 Å². The van der Waals surface area contributed by atoms with Crippen molar-refractivity contribution in [3.8, 4) is 0 Å². The molecule has 0 spiro atoms. The van der Waals surface area contributed by atoms with E-state index in [0.717, 1.165) is 0 Å². The van der Waals surface area contributed by atoms with Crippen molar-refractivity contribution in [2.24, 2.45) is 44.4 Å². The number of aliphatic hydroxyl groups excluding tert-OH is 1. The van der Waals surface area contributed by atoms with Crippen LogP contribution >= 0.6 is 0 Å². The van der Waals surface area contributed by atoms with Gasteiger partial charge in [-0.15, -0.1) is 0 Å². The van der Waals surface area contributed by atoms with E-state index in [9.17, 15) is 71.3 Å². The third kappa shape index (κ3) is 24.6. The number of aliphatic imine (C=N–C) groups is 2. The summed E-state index contributed by atoms with van der Waals surface area (Å²) in [4.78, 5) is 158. The zero-order valence-corrected chi connectivity index (χ0v) is 50.9. The molecule has 9 amide bonds. The summed E-state index contributed by atoms with van der Waals surface area (Å²) in [6.07, 6.45) is -0.989. The van der Waals surface area contributed by atoms with Gasteiger partial charge in [-0.2, -0.15) is 13.2 Å². The minimum Gasteiger partial charge on any atom is -0.480 e. The number of carbonyl (C=O) groups excluding carboxylic acids is 9. The van der Waals surface area contributed by atoms with Gasteiger partial charge in [0.25, 0.3) is 0 Å². The Labute approximate surface area is 528 Å². The summed E-state index contributed by atoms with van der Waals surface area (Å²) in [5.74, 6) is -10.6. The third-order valence-electron chi connectivity index (χ3n) is 15.2. The highest BCUT2D eigenvalue weighted by Crippen LogP contribution is 2.27. The van der Waals surface area contributed by atoms with Gasteiger partial charge in [0.2, 0.25) is 53.2 Å². The molecule has 21 N–H and O–H groups in total. The van der Waals surface area contributed by atoms with E-state index in [1.807, 2.05) is 0 Å². The lowest BCUT2D eigenvalue weighted by Gasteiger charge is -2.33. The predicted molar refractivity (Wildman–Crippen MR) is 326 cm³/mol. The monoisotopic (exact) mass is 1300 g/mol. The van der Waals surface area contributed by atoms with Crippen LogP contribution in [0.1, 0.15) is 94.6 Å². The van der Waals surface area contributed by atoms with Crippen LogP contribution in [0.15, 0.2) is 70.6 Å². The molecule has 0 aromatic heterocycles. The smallest absolute Gasteiger partial charge is 0.480 e. The fourth-order valence-electron chi connectivity index (χ4n) is 10.6. The molecule has 3 heterocycles. The van der Waals surface area contributed by atoms with E-state index in [2.05, 4.69) is 41.9 Å². The number of benzene rings is 2. The molecule has 0 bridgehead atoms. The van der Waals surface area contributed by atoms with Crippen LogP contribution in [0.4, 0.5) is 13.2 Å². The van der Waals surface area contributed by atoms with Crippen molar-refractivity contribution in [2.45, 2.75) is 157 Å².